The normalized spacial score (nSPS) is 10.7. The molecule has 1 aromatic carbocycles. The lowest BCUT2D eigenvalue weighted by atomic mass is 10.1. The van der Waals surface area contributed by atoms with Crippen LogP contribution in [0.3, 0.4) is 0 Å². The van der Waals surface area contributed by atoms with Crippen molar-refractivity contribution >= 4 is 39.8 Å². The molecule has 2 heterocycles. The van der Waals surface area contributed by atoms with Crippen LogP contribution in [0.4, 0.5) is 5.13 Å². The van der Waals surface area contributed by atoms with Crippen LogP contribution in [0.5, 0.6) is 0 Å². The standard InChI is InChI=1S/C18H16ClN3O2S/c1-9-15(11(3)23)10(2)20-16(9)17(24)22-18-21-14(8-25-18)12-6-4-5-7-13(12)19/h4-8,20H,1-3H3,(H,21,22,24). The van der Waals surface area contributed by atoms with Gasteiger partial charge in [0.1, 0.15) is 5.69 Å². The summed E-state index contributed by atoms with van der Waals surface area (Å²) < 4.78 is 0. The van der Waals surface area contributed by atoms with Crippen molar-refractivity contribution in [2.45, 2.75) is 20.8 Å². The van der Waals surface area contributed by atoms with Gasteiger partial charge in [-0.05, 0) is 32.4 Å². The lowest BCUT2D eigenvalue weighted by Gasteiger charge is -2.02. The van der Waals surface area contributed by atoms with Crippen molar-refractivity contribution in [2.24, 2.45) is 0 Å². The molecule has 3 aromatic rings. The maximum Gasteiger partial charge on any atom is 0.274 e. The minimum atomic E-state index is -0.326. The number of aromatic nitrogens is 2. The summed E-state index contributed by atoms with van der Waals surface area (Å²) >= 11 is 7.50. The molecule has 7 heteroatoms. The number of carbonyl (C=O) groups excluding carboxylic acids is 2. The quantitative estimate of drug-likeness (QED) is 0.641. The molecule has 128 valence electrons. The molecular formula is C18H16ClN3O2S. The number of hydrogen-bond acceptors (Lipinski definition) is 4. The Kier molecular flexibility index (Phi) is 4.74. The van der Waals surface area contributed by atoms with E-state index < -0.39 is 0 Å². The molecule has 25 heavy (non-hydrogen) atoms. The van der Waals surface area contributed by atoms with Crippen molar-refractivity contribution in [3.63, 3.8) is 0 Å². The van der Waals surface area contributed by atoms with Gasteiger partial charge in [0, 0.05) is 27.2 Å². The van der Waals surface area contributed by atoms with E-state index in [1.54, 1.807) is 19.9 Å². The summed E-state index contributed by atoms with van der Waals surface area (Å²) in [7, 11) is 0. The van der Waals surface area contributed by atoms with Gasteiger partial charge >= 0.3 is 0 Å². The first-order valence-corrected chi connectivity index (χ1v) is 8.86. The smallest absolute Gasteiger partial charge is 0.274 e. The van der Waals surface area contributed by atoms with Crippen molar-refractivity contribution < 1.29 is 9.59 Å². The predicted octanol–water partition coefficient (Wildman–Crippen LogP) is 4.86. The van der Waals surface area contributed by atoms with E-state index in [4.69, 9.17) is 11.6 Å². The number of anilines is 1. The summed E-state index contributed by atoms with van der Waals surface area (Å²) in [5.74, 6) is -0.395. The van der Waals surface area contributed by atoms with Crippen LogP contribution in [0.15, 0.2) is 29.6 Å². The number of thiazole rings is 1. The first-order valence-electron chi connectivity index (χ1n) is 7.60. The van der Waals surface area contributed by atoms with Crippen LogP contribution in [0.1, 0.15) is 39.0 Å². The van der Waals surface area contributed by atoms with E-state index in [0.29, 0.717) is 38.4 Å². The molecule has 0 atom stereocenters. The van der Waals surface area contributed by atoms with Gasteiger partial charge in [0.2, 0.25) is 0 Å². The molecule has 0 radical (unpaired) electrons. The number of Topliss-reactive ketones (excluding diaryl/α,β-unsaturated/α-hetero) is 1. The van der Waals surface area contributed by atoms with Gasteiger partial charge in [0.05, 0.1) is 5.69 Å². The van der Waals surface area contributed by atoms with Gasteiger partial charge in [-0.3, -0.25) is 14.9 Å². The Labute approximate surface area is 154 Å². The number of nitrogens with one attached hydrogen (secondary N) is 2. The first kappa shape index (κ1) is 17.4. The van der Waals surface area contributed by atoms with Crippen LogP contribution in [0.2, 0.25) is 5.02 Å². The number of aryl methyl sites for hydroxylation is 1. The third-order valence-corrected chi connectivity index (χ3v) is 4.98. The summed E-state index contributed by atoms with van der Waals surface area (Å²) in [6.45, 7) is 5.02. The van der Waals surface area contributed by atoms with E-state index in [1.807, 2.05) is 23.6 Å². The Morgan fingerprint density at radius 2 is 1.96 bits per heavy atom. The van der Waals surface area contributed by atoms with Crippen LogP contribution in [-0.4, -0.2) is 21.7 Å². The zero-order chi connectivity index (χ0) is 18.1. The second-order valence-electron chi connectivity index (χ2n) is 5.65. The lowest BCUT2D eigenvalue weighted by molar-refractivity contribution is 0.101. The largest absolute Gasteiger partial charge is 0.354 e. The van der Waals surface area contributed by atoms with E-state index in [2.05, 4.69) is 15.3 Å². The summed E-state index contributed by atoms with van der Waals surface area (Å²) in [4.78, 5) is 31.6. The SMILES string of the molecule is CC(=O)c1c(C)[nH]c(C(=O)Nc2nc(-c3ccccc3Cl)cs2)c1C. The van der Waals surface area contributed by atoms with Gasteiger partial charge in [-0.25, -0.2) is 4.98 Å². The minimum absolute atomic E-state index is 0.0689. The molecule has 0 saturated heterocycles. The van der Waals surface area contributed by atoms with E-state index in [1.165, 1.54) is 18.3 Å². The molecule has 2 aromatic heterocycles. The fourth-order valence-electron chi connectivity index (χ4n) is 2.79. The van der Waals surface area contributed by atoms with Gasteiger partial charge in [-0.15, -0.1) is 11.3 Å². The fourth-order valence-corrected chi connectivity index (χ4v) is 3.73. The zero-order valence-electron chi connectivity index (χ0n) is 13.9. The Balaban J connectivity index is 1.85. The Morgan fingerprint density at radius 3 is 2.60 bits per heavy atom. The third kappa shape index (κ3) is 3.36. The highest BCUT2D eigenvalue weighted by molar-refractivity contribution is 7.14. The van der Waals surface area contributed by atoms with Crippen LogP contribution in [-0.2, 0) is 0 Å². The molecule has 5 nitrogen and oxygen atoms in total. The number of carbonyl (C=O) groups is 2. The molecule has 0 spiro atoms. The van der Waals surface area contributed by atoms with Crippen LogP contribution >= 0.6 is 22.9 Å². The lowest BCUT2D eigenvalue weighted by Crippen LogP contribution is -2.13. The monoisotopic (exact) mass is 373 g/mol. The fraction of sp³-hybridized carbons (Fsp3) is 0.167. The van der Waals surface area contributed by atoms with Crippen molar-refractivity contribution in [3.05, 3.63) is 57.2 Å². The molecule has 0 fully saturated rings. The zero-order valence-corrected chi connectivity index (χ0v) is 15.5. The third-order valence-electron chi connectivity index (χ3n) is 3.89. The van der Waals surface area contributed by atoms with Gasteiger partial charge in [-0.1, -0.05) is 29.8 Å². The van der Waals surface area contributed by atoms with E-state index >= 15 is 0 Å². The average Bonchev–Trinajstić information content (AvgIpc) is 3.12. The summed E-state index contributed by atoms with van der Waals surface area (Å²) in [5.41, 5.74) is 3.77. The maximum absolute atomic E-state index is 12.5. The molecular weight excluding hydrogens is 358 g/mol. The average molecular weight is 374 g/mol. The molecule has 0 saturated carbocycles. The van der Waals surface area contributed by atoms with E-state index in [-0.39, 0.29) is 11.7 Å². The number of hydrogen-bond donors (Lipinski definition) is 2. The Hall–Kier alpha value is -2.44. The van der Waals surface area contributed by atoms with Gasteiger partial charge in [0.25, 0.3) is 5.91 Å². The Morgan fingerprint density at radius 1 is 1.24 bits per heavy atom. The number of aromatic amines is 1. The Bertz CT molecular complexity index is 975. The molecule has 3 rings (SSSR count). The van der Waals surface area contributed by atoms with Crippen molar-refractivity contribution in [3.8, 4) is 11.3 Å². The van der Waals surface area contributed by atoms with Crippen molar-refractivity contribution in [1.29, 1.82) is 0 Å². The van der Waals surface area contributed by atoms with Crippen LogP contribution < -0.4 is 5.32 Å². The number of halogens is 1. The highest BCUT2D eigenvalue weighted by atomic mass is 35.5. The van der Waals surface area contributed by atoms with Crippen LogP contribution in [0, 0.1) is 13.8 Å². The minimum Gasteiger partial charge on any atom is -0.354 e. The van der Waals surface area contributed by atoms with Gasteiger partial charge in [0.15, 0.2) is 10.9 Å². The number of nitrogens with zero attached hydrogens (tertiary/aromatic N) is 1. The summed E-state index contributed by atoms with van der Waals surface area (Å²) in [6, 6.07) is 7.40. The maximum atomic E-state index is 12.5. The number of amides is 1. The number of ketones is 1. The number of H-pyrrole nitrogens is 1. The second kappa shape index (κ2) is 6.82. The molecule has 0 unspecified atom stereocenters. The molecule has 0 bridgehead atoms. The highest BCUT2D eigenvalue weighted by Crippen LogP contribution is 2.30. The summed E-state index contributed by atoms with van der Waals surface area (Å²) in [5, 5.41) is 5.68. The topological polar surface area (TPSA) is 74.8 Å². The summed E-state index contributed by atoms with van der Waals surface area (Å²) in [6.07, 6.45) is 0. The molecule has 1 amide bonds. The molecule has 0 aliphatic heterocycles. The van der Waals surface area contributed by atoms with Gasteiger partial charge < -0.3 is 4.98 Å². The molecule has 0 aliphatic carbocycles. The van der Waals surface area contributed by atoms with Gasteiger partial charge in [-0.2, -0.15) is 0 Å². The van der Waals surface area contributed by atoms with Crippen molar-refractivity contribution in [1.82, 2.24) is 9.97 Å². The van der Waals surface area contributed by atoms with E-state index in [9.17, 15) is 9.59 Å². The second-order valence-corrected chi connectivity index (χ2v) is 6.92. The van der Waals surface area contributed by atoms with Crippen LogP contribution in [0.25, 0.3) is 11.3 Å². The first-order chi connectivity index (χ1) is 11.9. The number of benzene rings is 1. The molecule has 0 aliphatic rings. The van der Waals surface area contributed by atoms with E-state index in [0.717, 1.165) is 5.56 Å². The highest BCUT2D eigenvalue weighted by Gasteiger charge is 2.20. The van der Waals surface area contributed by atoms with Crippen molar-refractivity contribution in [2.75, 3.05) is 5.32 Å². The predicted molar refractivity (Wildman–Crippen MR) is 101 cm³/mol. The molecule has 2 N–H and O–H groups in total. The number of rotatable bonds is 4.